The van der Waals surface area contributed by atoms with Gasteiger partial charge in [-0.1, -0.05) is 12.1 Å². The van der Waals surface area contributed by atoms with Crippen LogP contribution in [0.15, 0.2) is 59.3 Å². The number of anilines is 1. The number of nitrogens with zero attached hydrogens (tertiary/aromatic N) is 2. The van der Waals surface area contributed by atoms with Crippen molar-refractivity contribution >= 4 is 11.7 Å². The number of rotatable bonds is 5. The second kappa shape index (κ2) is 5.54. The Balaban J connectivity index is 1.77. The number of furan rings is 1. The van der Waals surface area contributed by atoms with Gasteiger partial charge < -0.3 is 14.8 Å². The van der Waals surface area contributed by atoms with Gasteiger partial charge in [0.2, 0.25) is 5.76 Å². The summed E-state index contributed by atoms with van der Waals surface area (Å²) < 4.78 is 6.97. The number of hydrogen-bond donors (Lipinski definition) is 2. The van der Waals surface area contributed by atoms with Gasteiger partial charge in [0.15, 0.2) is 0 Å². The number of aromatic carboxylic acids is 1. The molecule has 0 bridgehead atoms. The Morgan fingerprint density at radius 2 is 2.10 bits per heavy atom. The molecule has 21 heavy (non-hydrogen) atoms. The molecule has 6 nitrogen and oxygen atoms in total. The molecule has 2 heterocycles. The van der Waals surface area contributed by atoms with Crippen molar-refractivity contribution < 1.29 is 14.3 Å². The van der Waals surface area contributed by atoms with Crippen molar-refractivity contribution in [3.63, 3.8) is 0 Å². The monoisotopic (exact) mass is 283 g/mol. The molecule has 3 rings (SSSR count). The fourth-order valence-electron chi connectivity index (χ4n) is 2.00. The van der Waals surface area contributed by atoms with Crippen molar-refractivity contribution in [2.75, 3.05) is 5.32 Å². The van der Waals surface area contributed by atoms with E-state index in [1.54, 1.807) is 16.9 Å². The number of carboxylic acid groups (broad SMARTS) is 1. The van der Waals surface area contributed by atoms with Gasteiger partial charge in [-0.25, -0.2) is 9.48 Å². The lowest BCUT2D eigenvalue weighted by atomic mass is 10.2. The Morgan fingerprint density at radius 1 is 1.24 bits per heavy atom. The van der Waals surface area contributed by atoms with Crippen molar-refractivity contribution in [3.05, 3.63) is 66.4 Å². The normalized spacial score (nSPS) is 10.5. The molecule has 0 aliphatic carbocycles. The molecule has 0 unspecified atom stereocenters. The van der Waals surface area contributed by atoms with Crippen LogP contribution in [0.2, 0.25) is 0 Å². The minimum absolute atomic E-state index is 0.0628. The van der Waals surface area contributed by atoms with Crippen LogP contribution in [0.1, 0.15) is 16.3 Å². The van der Waals surface area contributed by atoms with E-state index in [0.29, 0.717) is 12.3 Å². The Bertz CT molecular complexity index is 747. The van der Waals surface area contributed by atoms with Crippen LogP contribution >= 0.6 is 0 Å². The second-order valence-corrected chi connectivity index (χ2v) is 4.39. The van der Waals surface area contributed by atoms with Gasteiger partial charge in [-0.05, 0) is 30.3 Å². The molecule has 0 radical (unpaired) electrons. The van der Waals surface area contributed by atoms with Crippen LogP contribution in [0.3, 0.4) is 0 Å². The molecule has 0 fully saturated rings. The highest BCUT2D eigenvalue weighted by Crippen LogP contribution is 2.20. The maximum absolute atomic E-state index is 10.8. The molecule has 2 aromatic heterocycles. The average Bonchev–Trinajstić information content (AvgIpc) is 3.17. The molecule has 0 aliphatic rings. The first-order valence-corrected chi connectivity index (χ1v) is 6.39. The first kappa shape index (κ1) is 13.0. The maximum Gasteiger partial charge on any atom is 0.371 e. The lowest BCUT2D eigenvalue weighted by molar-refractivity contribution is 0.0660. The van der Waals surface area contributed by atoms with E-state index in [-0.39, 0.29) is 5.76 Å². The summed E-state index contributed by atoms with van der Waals surface area (Å²) >= 11 is 0. The third-order valence-corrected chi connectivity index (χ3v) is 2.98. The number of aromatic nitrogens is 2. The summed E-state index contributed by atoms with van der Waals surface area (Å²) in [5, 5.41) is 16.3. The zero-order valence-corrected chi connectivity index (χ0v) is 11.1. The quantitative estimate of drug-likeness (QED) is 0.752. The molecule has 0 saturated carbocycles. The molecule has 0 aliphatic heterocycles. The van der Waals surface area contributed by atoms with Gasteiger partial charge in [0.1, 0.15) is 5.76 Å². The van der Waals surface area contributed by atoms with Crippen molar-refractivity contribution in [1.82, 2.24) is 9.78 Å². The van der Waals surface area contributed by atoms with Crippen LogP contribution in [0.4, 0.5) is 5.69 Å². The van der Waals surface area contributed by atoms with E-state index in [1.807, 2.05) is 36.5 Å². The van der Waals surface area contributed by atoms with E-state index < -0.39 is 5.97 Å². The number of hydrogen-bond acceptors (Lipinski definition) is 4. The largest absolute Gasteiger partial charge is 0.475 e. The number of benzene rings is 1. The Morgan fingerprint density at radius 3 is 2.81 bits per heavy atom. The zero-order valence-electron chi connectivity index (χ0n) is 11.1. The molecule has 0 saturated heterocycles. The number of nitrogens with one attached hydrogen (secondary N) is 1. The molecule has 6 heteroatoms. The summed E-state index contributed by atoms with van der Waals surface area (Å²) in [5.74, 6) is -0.576. The van der Waals surface area contributed by atoms with E-state index in [9.17, 15) is 4.79 Å². The predicted octanol–water partition coefficient (Wildman–Crippen LogP) is 2.78. The molecule has 1 aromatic carbocycles. The van der Waals surface area contributed by atoms with Crippen LogP contribution in [-0.4, -0.2) is 20.9 Å². The molecule has 0 spiro atoms. The number of carboxylic acids is 1. The molecule has 3 aromatic rings. The van der Waals surface area contributed by atoms with Gasteiger partial charge in [-0.3, -0.25) is 0 Å². The SMILES string of the molecule is O=C(O)c1ccc(CNc2ccccc2-n2cccn2)o1. The smallest absolute Gasteiger partial charge is 0.371 e. The minimum atomic E-state index is -1.07. The van der Waals surface area contributed by atoms with Crippen molar-refractivity contribution in [1.29, 1.82) is 0 Å². The lowest BCUT2D eigenvalue weighted by Gasteiger charge is -2.10. The van der Waals surface area contributed by atoms with E-state index in [2.05, 4.69) is 10.4 Å². The zero-order chi connectivity index (χ0) is 14.7. The van der Waals surface area contributed by atoms with Gasteiger partial charge in [0.25, 0.3) is 0 Å². The van der Waals surface area contributed by atoms with Gasteiger partial charge >= 0.3 is 5.97 Å². The van der Waals surface area contributed by atoms with Gasteiger partial charge in [-0.2, -0.15) is 5.10 Å². The Kier molecular flexibility index (Phi) is 3.42. The molecular formula is C15H13N3O3. The van der Waals surface area contributed by atoms with Gasteiger partial charge in [0.05, 0.1) is 17.9 Å². The Labute approximate surface area is 120 Å². The third-order valence-electron chi connectivity index (χ3n) is 2.98. The first-order valence-electron chi connectivity index (χ1n) is 6.39. The van der Waals surface area contributed by atoms with E-state index in [4.69, 9.17) is 9.52 Å². The summed E-state index contributed by atoms with van der Waals surface area (Å²) in [7, 11) is 0. The molecule has 0 amide bonds. The summed E-state index contributed by atoms with van der Waals surface area (Å²) in [6.07, 6.45) is 3.57. The van der Waals surface area contributed by atoms with Crippen molar-refractivity contribution in [2.45, 2.75) is 6.54 Å². The van der Waals surface area contributed by atoms with Crippen LogP contribution in [0.5, 0.6) is 0 Å². The lowest BCUT2D eigenvalue weighted by Crippen LogP contribution is -2.04. The highest BCUT2D eigenvalue weighted by Gasteiger charge is 2.09. The van der Waals surface area contributed by atoms with E-state index in [0.717, 1.165) is 11.4 Å². The van der Waals surface area contributed by atoms with Crippen LogP contribution in [0, 0.1) is 0 Å². The highest BCUT2D eigenvalue weighted by molar-refractivity contribution is 5.84. The van der Waals surface area contributed by atoms with Crippen molar-refractivity contribution in [2.24, 2.45) is 0 Å². The van der Waals surface area contributed by atoms with Gasteiger partial charge in [0, 0.05) is 12.4 Å². The summed E-state index contributed by atoms with van der Waals surface area (Å²) in [6, 6.07) is 12.7. The second-order valence-electron chi connectivity index (χ2n) is 4.39. The molecule has 2 N–H and O–H groups in total. The number of para-hydroxylation sites is 2. The Hall–Kier alpha value is -3.02. The van der Waals surface area contributed by atoms with Crippen LogP contribution < -0.4 is 5.32 Å². The fourth-order valence-corrected chi connectivity index (χ4v) is 2.00. The predicted molar refractivity (Wildman–Crippen MR) is 76.6 cm³/mol. The summed E-state index contributed by atoms with van der Waals surface area (Å²) in [6.45, 7) is 0.394. The summed E-state index contributed by atoms with van der Waals surface area (Å²) in [5.41, 5.74) is 1.79. The molecule has 0 atom stereocenters. The third kappa shape index (κ3) is 2.79. The highest BCUT2D eigenvalue weighted by atomic mass is 16.4. The van der Waals surface area contributed by atoms with E-state index in [1.165, 1.54) is 6.07 Å². The number of carbonyl (C=O) groups is 1. The molecule has 106 valence electrons. The summed E-state index contributed by atoms with van der Waals surface area (Å²) in [4.78, 5) is 10.8. The van der Waals surface area contributed by atoms with Crippen LogP contribution in [0.25, 0.3) is 5.69 Å². The van der Waals surface area contributed by atoms with Gasteiger partial charge in [-0.15, -0.1) is 0 Å². The standard InChI is InChI=1S/C15H13N3O3/c19-15(20)14-7-6-11(21-14)10-16-12-4-1-2-5-13(12)18-9-3-8-17-18/h1-9,16H,10H2,(H,19,20). The van der Waals surface area contributed by atoms with E-state index >= 15 is 0 Å². The fraction of sp³-hybridized carbons (Fsp3) is 0.0667. The average molecular weight is 283 g/mol. The maximum atomic E-state index is 10.8. The topological polar surface area (TPSA) is 80.3 Å². The van der Waals surface area contributed by atoms with Crippen molar-refractivity contribution in [3.8, 4) is 5.69 Å². The molecular weight excluding hydrogens is 270 g/mol. The minimum Gasteiger partial charge on any atom is -0.475 e. The first-order chi connectivity index (χ1) is 10.2. The van der Waals surface area contributed by atoms with Crippen LogP contribution in [-0.2, 0) is 6.54 Å².